The number of likely N-dealkylation sites (tertiary alicyclic amines) is 1. The van der Waals surface area contributed by atoms with Crippen molar-refractivity contribution in [3.8, 4) is 0 Å². The summed E-state index contributed by atoms with van der Waals surface area (Å²) in [6.45, 7) is 5.32. The van der Waals surface area contributed by atoms with Crippen molar-refractivity contribution in [1.29, 1.82) is 0 Å². The van der Waals surface area contributed by atoms with Gasteiger partial charge in [-0.05, 0) is 44.9 Å². The molecular weight excluding hydrogens is 318 g/mol. The molecule has 0 aliphatic carbocycles. The molecule has 7 nitrogen and oxygen atoms in total. The average molecular weight is 343 g/mol. The molecular formula is C18H25N5O2. The molecule has 0 bridgehead atoms. The highest BCUT2D eigenvalue weighted by Crippen LogP contribution is 2.24. The molecule has 1 fully saturated rings. The van der Waals surface area contributed by atoms with Gasteiger partial charge >= 0.3 is 0 Å². The van der Waals surface area contributed by atoms with Gasteiger partial charge in [0, 0.05) is 13.1 Å². The molecule has 3 heterocycles. The van der Waals surface area contributed by atoms with Crippen molar-refractivity contribution < 1.29 is 9.32 Å². The van der Waals surface area contributed by atoms with Crippen LogP contribution in [0.2, 0.25) is 0 Å². The number of rotatable bonds is 4. The Kier molecular flexibility index (Phi) is 5.31. The second kappa shape index (κ2) is 7.63. The maximum atomic E-state index is 12.9. The van der Waals surface area contributed by atoms with Gasteiger partial charge in [-0.1, -0.05) is 12.1 Å². The standard InChI is InChI=1S/C18H25N5O2/c1-3-15-17(12(2)25-22-15)18(24)23-7-4-5-13(6-8-23)9-14-10-21-16(19)11-20-14/h10-11,13H,3-9H2,1-2H3,(H2,19,21)/t13-/m1/s1. The Morgan fingerprint density at radius 3 is 2.88 bits per heavy atom. The van der Waals surface area contributed by atoms with Crippen LogP contribution in [0.4, 0.5) is 5.82 Å². The molecule has 3 rings (SSSR count). The van der Waals surface area contributed by atoms with Crippen LogP contribution >= 0.6 is 0 Å². The summed E-state index contributed by atoms with van der Waals surface area (Å²) >= 11 is 0. The number of carbonyl (C=O) groups excluding carboxylic acids is 1. The van der Waals surface area contributed by atoms with Crippen molar-refractivity contribution in [3.05, 3.63) is 35.1 Å². The van der Waals surface area contributed by atoms with Crippen LogP contribution in [0.3, 0.4) is 0 Å². The minimum absolute atomic E-state index is 0.0449. The first-order valence-electron chi connectivity index (χ1n) is 8.89. The Bertz CT molecular complexity index is 726. The van der Waals surface area contributed by atoms with Gasteiger partial charge in [0.15, 0.2) is 0 Å². The van der Waals surface area contributed by atoms with Gasteiger partial charge in [0.05, 0.1) is 23.8 Å². The van der Waals surface area contributed by atoms with Crippen molar-refractivity contribution in [2.24, 2.45) is 5.92 Å². The maximum Gasteiger partial charge on any atom is 0.259 e. The summed E-state index contributed by atoms with van der Waals surface area (Å²) in [5, 5.41) is 4.00. The van der Waals surface area contributed by atoms with Gasteiger partial charge in [-0.3, -0.25) is 9.78 Å². The van der Waals surface area contributed by atoms with E-state index in [1.54, 1.807) is 19.3 Å². The lowest BCUT2D eigenvalue weighted by molar-refractivity contribution is 0.0757. The molecule has 0 saturated carbocycles. The number of hydrogen-bond acceptors (Lipinski definition) is 6. The summed E-state index contributed by atoms with van der Waals surface area (Å²) in [5.41, 5.74) is 7.94. The van der Waals surface area contributed by atoms with Gasteiger partial charge < -0.3 is 15.2 Å². The molecule has 2 aromatic heterocycles. The van der Waals surface area contributed by atoms with E-state index in [-0.39, 0.29) is 5.91 Å². The van der Waals surface area contributed by atoms with Crippen molar-refractivity contribution in [2.75, 3.05) is 18.8 Å². The van der Waals surface area contributed by atoms with E-state index in [2.05, 4.69) is 15.1 Å². The van der Waals surface area contributed by atoms with E-state index in [1.807, 2.05) is 11.8 Å². The lowest BCUT2D eigenvalue weighted by atomic mass is 9.95. The lowest BCUT2D eigenvalue weighted by Gasteiger charge is -2.20. The van der Waals surface area contributed by atoms with Crippen LogP contribution in [0.1, 0.15) is 53.7 Å². The fourth-order valence-electron chi connectivity index (χ4n) is 3.43. The predicted molar refractivity (Wildman–Crippen MR) is 94.0 cm³/mol. The number of nitrogen functional groups attached to an aromatic ring is 1. The second-order valence-corrected chi connectivity index (χ2v) is 6.64. The number of nitrogens with two attached hydrogens (primary N) is 1. The Morgan fingerprint density at radius 1 is 1.32 bits per heavy atom. The number of nitrogens with zero attached hydrogens (tertiary/aromatic N) is 4. The average Bonchev–Trinajstić information content (AvgIpc) is 2.83. The van der Waals surface area contributed by atoms with E-state index in [4.69, 9.17) is 10.3 Å². The number of anilines is 1. The first-order chi connectivity index (χ1) is 12.1. The third-order valence-electron chi connectivity index (χ3n) is 4.84. The minimum Gasteiger partial charge on any atom is -0.382 e. The van der Waals surface area contributed by atoms with E-state index >= 15 is 0 Å². The highest BCUT2D eigenvalue weighted by atomic mass is 16.5. The SMILES string of the molecule is CCc1noc(C)c1C(=O)N1CCC[C@@H](Cc2cnc(N)cn2)CC1. The van der Waals surface area contributed by atoms with Crippen LogP contribution in [-0.4, -0.2) is 39.0 Å². The van der Waals surface area contributed by atoms with E-state index in [1.165, 1.54) is 0 Å². The highest BCUT2D eigenvalue weighted by molar-refractivity contribution is 5.96. The van der Waals surface area contributed by atoms with Gasteiger partial charge in [-0.2, -0.15) is 0 Å². The van der Waals surface area contributed by atoms with Gasteiger partial charge in [-0.25, -0.2) is 4.98 Å². The lowest BCUT2D eigenvalue weighted by Crippen LogP contribution is -2.32. The second-order valence-electron chi connectivity index (χ2n) is 6.64. The van der Waals surface area contributed by atoms with Crippen LogP contribution in [0.5, 0.6) is 0 Å². The number of hydrogen-bond donors (Lipinski definition) is 1. The quantitative estimate of drug-likeness (QED) is 0.915. The molecule has 25 heavy (non-hydrogen) atoms. The van der Waals surface area contributed by atoms with Gasteiger partial charge in [-0.15, -0.1) is 0 Å². The normalized spacial score (nSPS) is 18.2. The van der Waals surface area contributed by atoms with Crippen LogP contribution in [0, 0.1) is 12.8 Å². The summed E-state index contributed by atoms with van der Waals surface area (Å²) < 4.78 is 5.22. The van der Waals surface area contributed by atoms with E-state index in [0.29, 0.717) is 29.5 Å². The molecule has 2 aromatic rings. The van der Waals surface area contributed by atoms with Gasteiger partial charge in [0.2, 0.25) is 0 Å². The van der Waals surface area contributed by atoms with Crippen molar-refractivity contribution in [1.82, 2.24) is 20.0 Å². The highest BCUT2D eigenvalue weighted by Gasteiger charge is 2.27. The predicted octanol–water partition coefficient (Wildman–Crippen LogP) is 2.40. The van der Waals surface area contributed by atoms with Crippen molar-refractivity contribution >= 4 is 11.7 Å². The zero-order chi connectivity index (χ0) is 17.8. The smallest absolute Gasteiger partial charge is 0.259 e. The van der Waals surface area contributed by atoms with Crippen LogP contribution in [0.25, 0.3) is 0 Å². The monoisotopic (exact) mass is 343 g/mol. The molecule has 0 radical (unpaired) electrons. The van der Waals surface area contributed by atoms with Crippen molar-refractivity contribution in [2.45, 2.75) is 46.0 Å². The molecule has 2 N–H and O–H groups in total. The number of aromatic nitrogens is 3. The van der Waals surface area contributed by atoms with Gasteiger partial charge in [0.1, 0.15) is 17.1 Å². The number of aryl methyl sites for hydroxylation is 2. The minimum atomic E-state index is 0.0449. The molecule has 1 atom stereocenters. The molecule has 1 aliphatic heterocycles. The van der Waals surface area contributed by atoms with Crippen molar-refractivity contribution in [3.63, 3.8) is 0 Å². The summed E-state index contributed by atoms with van der Waals surface area (Å²) in [7, 11) is 0. The molecule has 1 amide bonds. The summed E-state index contributed by atoms with van der Waals surface area (Å²) in [6.07, 6.45) is 7.96. The molecule has 134 valence electrons. The van der Waals surface area contributed by atoms with Gasteiger partial charge in [0.25, 0.3) is 5.91 Å². The summed E-state index contributed by atoms with van der Waals surface area (Å²) in [4.78, 5) is 23.3. The molecule has 1 saturated heterocycles. The Morgan fingerprint density at radius 2 is 2.16 bits per heavy atom. The zero-order valence-electron chi connectivity index (χ0n) is 14.9. The van der Waals surface area contributed by atoms with Crippen LogP contribution < -0.4 is 5.73 Å². The third kappa shape index (κ3) is 3.97. The third-order valence-corrected chi connectivity index (χ3v) is 4.84. The largest absolute Gasteiger partial charge is 0.382 e. The van der Waals surface area contributed by atoms with E-state index < -0.39 is 0 Å². The fourth-order valence-corrected chi connectivity index (χ4v) is 3.43. The van der Waals surface area contributed by atoms with Crippen LogP contribution in [-0.2, 0) is 12.8 Å². The Balaban J connectivity index is 1.64. The maximum absolute atomic E-state index is 12.9. The Labute approximate surface area is 147 Å². The van der Waals surface area contributed by atoms with Crippen LogP contribution in [0.15, 0.2) is 16.9 Å². The van der Waals surface area contributed by atoms with E-state index in [0.717, 1.165) is 50.2 Å². The molecule has 0 unspecified atom stereocenters. The fraction of sp³-hybridized carbons (Fsp3) is 0.556. The number of amides is 1. The summed E-state index contributed by atoms with van der Waals surface area (Å²) in [6, 6.07) is 0. The molecule has 0 aromatic carbocycles. The summed E-state index contributed by atoms with van der Waals surface area (Å²) in [5.74, 6) is 1.60. The first-order valence-corrected chi connectivity index (χ1v) is 8.89. The molecule has 0 spiro atoms. The Hall–Kier alpha value is -2.44. The van der Waals surface area contributed by atoms with E-state index in [9.17, 15) is 4.79 Å². The zero-order valence-corrected chi connectivity index (χ0v) is 14.9. The molecule has 7 heteroatoms. The number of carbonyl (C=O) groups is 1. The molecule has 1 aliphatic rings. The first kappa shape index (κ1) is 17.4. The topological polar surface area (TPSA) is 98.1 Å².